The number of anilines is 1. The largest absolute Gasteiger partial charge is 0.351 e. The predicted octanol–water partition coefficient (Wildman–Crippen LogP) is 0.927. The molecule has 0 aromatic carbocycles. The highest BCUT2D eigenvalue weighted by Crippen LogP contribution is 1.98. The minimum absolute atomic E-state index is 0. The predicted molar refractivity (Wildman–Crippen MR) is 41.2 cm³/mol. The summed E-state index contributed by atoms with van der Waals surface area (Å²) in [5.41, 5.74) is 4.81. The van der Waals surface area contributed by atoms with Gasteiger partial charge in [-0.25, -0.2) is 4.79 Å². The number of hydrogen-bond donors (Lipinski definition) is 3. The third-order valence-electron chi connectivity index (χ3n) is 0.856. The van der Waals surface area contributed by atoms with Crippen molar-refractivity contribution >= 4 is 24.3 Å². The summed E-state index contributed by atoms with van der Waals surface area (Å²) in [6.45, 7) is 0. The lowest BCUT2D eigenvalue weighted by Gasteiger charge is -1.93. The molecule has 0 fully saturated rings. The van der Waals surface area contributed by atoms with Crippen LogP contribution in [0.3, 0.4) is 0 Å². The van der Waals surface area contributed by atoms with Crippen molar-refractivity contribution in [2.24, 2.45) is 5.73 Å². The summed E-state index contributed by atoms with van der Waals surface area (Å²) in [7, 11) is 0. The van der Waals surface area contributed by atoms with Crippen LogP contribution in [0.25, 0.3) is 0 Å². The van der Waals surface area contributed by atoms with Crippen molar-refractivity contribution in [1.29, 1.82) is 0 Å². The molecule has 1 aromatic heterocycles. The topological polar surface area (TPSA) is 70.9 Å². The molecule has 1 heterocycles. The standard InChI is InChI=1S/C5H7N3O.ClH/c6-5(9)8-4-2-1-3-7-4;/h1-3,7H,(H3,6,8,9);1H. The number of rotatable bonds is 1. The van der Waals surface area contributed by atoms with Crippen molar-refractivity contribution in [1.82, 2.24) is 4.98 Å². The van der Waals surface area contributed by atoms with Crippen molar-refractivity contribution in [3.63, 3.8) is 0 Å². The van der Waals surface area contributed by atoms with Gasteiger partial charge < -0.3 is 10.7 Å². The SMILES string of the molecule is Cl.NC(=O)Nc1ccc[nH]1. The number of nitrogens with two attached hydrogens (primary N) is 1. The number of urea groups is 1. The van der Waals surface area contributed by atoms with Crippen LogP contribution in [0.15, 0.2) is 18.3 Å². The minimum atomic E-state index is -0.558. The monoisotopic (exact) mass is 161 g/mol. The lowest BCUT2D eigenvalue weighted by molar-refractivity contribution is 0.259. The molecule has 1 aromatic rings. The van der Waals surface area contributed by atoms with Gasteiger partial charge in [0, 0.05) is 6.20 Å². The van der Waals surface area contributed by atoms with Crippen LogP contribution in [0.2, 0.25) is 0 Å². The molecule has 0 unspecified atom stereocenters. The molecule has 0 aliphatic rings. The van der Waals surface area contributed by atoms with Crippen LogP contribution in [-0.4, -0.2) is 11.0 Å². The number of halogens is 1. The summed E-state index contributed by atoms with van der Waals surface area (Å²) in [5, 5.41) is 2.37. The zero-order valence-corrected chi connectivity index (χ0v) is 5.94. The molecule has 4 N–H and O–H groups in total. The second kappa shape index (κ2) is 3.79. The number of carbonyl (C=O) groups excluding carboxylic acids is 1. The van der Waals surface area contributed by atoms with Gasteiger partial charge in [0.05, 0.1) is 0 Å². The molecule has 0 aliphatic heterocycles. The first kappa shape index (κ1) is 8.84. The van der Waals surface area contributed by atoms with Crippen LogP contribution in [0.1, 0.15) is 0 Å². The Labute approximate surface area is 64.2 Å². The van der Waals surface area contributed by atoms with E-state index in [1.807, 2.05) is 0 Å². The summed E-state index contributed by atoms with van der Waals surface area (Å²) in [4.78, 5) is 12.9. The van der Waals surface area contributed by atoms with E-state index in [0.29, 0.717) is 5.82 Å². The van der Waals surface area contributed by atoms with E-state index < -0.39 is 6.03 Å². The lowest BCUT2D eigenvalue weighted by Crippen LogP contribution is -2.19. The first-order valence-corrected chi connectivity index (χ1v) is 2.49. The molecule has 2 amide bonds. The first-order chi connectivity index (χ1) is 4.29. The maximum absolute atomic E-state index is 10.2. The molecule has 5 heteroatoms. The Hall–Kier alpha value is -1.16. The number of hydrogen-bond acceptors (Lipinski definition) is 1. The van der Waals surface area contributed by atoms with Crippen molar-refractivity contribution < 1.29 is 4.79 Å². The van der Waals surface area contributed by atoms with Crippen LogP contribution in [0.5, 0.6) is 0 Å². The van der Waals surface area contributed by atoms with E-state index in [0.717, 1.165) is 0 Å². The lowest BCUT2D eigenvalue weighted by atomic mass is 10.6. The Morgan fingerprint density at radius 2 is 2.40 bits per heavy atom. The van der Waals surface area contributed by atoms with Crippen molar-refractivity contribution in [2.75, 3.05) is 5.32 Å². The van der Waals surface area contributed by atoms with E-state index in [1.165, 1.54) is 0 Å². The Morgan fingerprint density at radius 1 is 1.70 bits per heavy atom. The summed E-state index contributed by atoms with van der Waals surface area (Å²) in [5.74, 6) is 0.613. The van der Waals surface area contributed by atoms with Gasteiger partial charge in [-0.3, -0.25) is 5.32 Å². The summed E-state index contributed by atoms with van der Waals surface area (Å²) in [6, 6.07) is 2.92. The Kier molecular flexibility index (Phi) is 3.35. The smallest absolute Gasteiger partial charge is 0.317 e. The normalized spacial score (nSPS) is 8.00. The third kappa shape index (κ3) is 2.41. The van der Waals surface area contributed by atoms with Gasteiger partial charge in [0.1, 0.15) is 5.82 Å². The van der Waals surface area contributed by atoms with Gasteiger partial charge in [-0.05, 0) is 12.1 Å². The molecular formula is C5H8ClN3O. The fraction of sp³-hybridized carbons (Fsp3) is 0. The molecule has 4 nitrogen and oxygen atoms in total. The average molecular weight is 162 g/mol. The van der Waals surface area contributed by atoms with Crippen LogP contribution >= 0.6 is 12.4 Å². The second-order valence-corrected chi connectivity index (χ2v) is 1.57. The zero-order chi connectivity index (χ0) is 6.69. The van der Waals surface area contributed by atoms with E-state index in [2.05, 4.69) is 10.3 Å². The number of carbonyl (C=O) groups is 1. The molecule has 1 rings (SSSR count). The number of aromatic nitrogens is 1. The Bertz CT molecular complexity index is 197. The van der Waals surface area contributed by atoms with Gasteiger partial charge in [-0.15, -0.1) is 12.4 Å². The number of amides is 2. The van der Waals surface area contributed by atoms with E-state index in [9.17, 15) is 4.79 Å². The Balaban J connectivity index is 0.000000810. The summed E-state index contributed by atoms with van der Waals surface area (Å²) < 4.78 is 0. The van der Waals surface area contributed by atoms with Gasteiger partial charge in [-0.2, -0.15) is 0 Å². The van der Waals surface area contributed by atoms with Crippen LogP contribution in [0, 0.1) is 0 Å². The molecule has 0 saturated heterocycles. The number of primary amides is 1. The highest BCUT2D eigenvalue weighted by atomic mass is 35.5. The van der Waals surface area contributed by atoms with Crippen LogP contribution in [0.4, 0.5) is 10.6 Å². The summed E-state index contributed by atoms with van der Waals surface area (Å²) in [6.07, 6.45) is 1.70. The first-order valence-electron chi connectivity index (χ1n) is 2.49. The highest BCUT2D eigenvalue weighted by Gasteiger charge is 1.91. The molecular weight excluding hydrogens is 154 g/mol. The van der Waals surface area contributed by atoms with Crippen molar-refractivity contribution in [3.8, 4) is 0 Å². The number of aromatic amines is 1. The molecule has 0 saturated carbocycles. The fourth-order valence-electron chi connectivity index (χ4n) is 0.541. The quantitative estimate of drug-likeness (QED) is 0.563. The molecule has 0 atom stereocenters. The van der Waals surface area contributed by atoms with Gasteiger partial charge >= 0.3 is 6.03 Å². The number of nitrogens with one attached hydrogen (secondary N) is 2. The molecule has 0 bridgehead atoms. The Morgan fingerprint density at radius 3 is 2.80 bits per heavy atom. The van der Waals surface area contributed by atoms with Crippen LogP contribution in [-0.2, 0) is 0 Å². The highest BCUT2D eigenvalue weighted by molar-refractivity contribution is 5.86. The van der Waals surface area contributed by atoms with E-state index in [4.69, 9.17) is 5.73 Å². The van der Waals surface area contributed by atoms with E-state index in [1.54, 1.807) is 18.3 Å². The number of H-pyrrole nitrogens is 1. The maximum atomic E-state index is 10.2. The van der Waals surface area contributed by atoms with Crippen molar-refractivity contribution in [3.05, 3.63) is 18.3 Å². The summed E-state index contributed by atoms with van der Waals surface area (Å²) >= 11 is 0. The zero-order valence-electron chi connectivity index (χ0n) is 5.13. The molecule has 0 aliphatic carbocycles. The average Bonchev–Trinajstić information content (AvgIpc) is 2.15. The third-order valence-corrected chi connectivity index (χ3v) is 0.856. The molecule has 56 valence electrons. The van der Waals surface area contributed by atoms with Gasteiger partial charge in [0.25, 0.3) is 0 Å². The fourth-order valence-corrected chi connectivity index (χ4v) is 0.541. The molecule has 0 spiro atoms. The molecule has 0 radical (unpaired) electrons. The van der Waals surface area contributed by atoms with E-state index >= 15 is 0 Å². The van der Waals surface area contributed by atoms with Gasteiger partial charge in [0.2, 0.25) is 0 Å². The molecule has 10 heavy (non-hydrogen) atoms. The van der Waals surface area contributed by atoms with Crippen LogP contribution < -0.4 is 11.1 Å². The minimum Gasteiger partial charge on any atom is -0.351 e. The van der Waals surface area contributed by atoms with Crippen molar-refractivity contribution in [2.45, 2.75) is 0 Å². The van der Waals surface area contributed by atoms with Gasteiger partial charge in [0.15, 0.2) is 0 Å². The second-order valence-electron chi connectivity index (χ2n) is 1.57. The maximum Gasteiger partial charge on any atom is 0.317 e. The van der Waals surface area contributed by atoms with E-state index in [-0.39, 0.29) is 12.4 Å². The van der Waals surface area contributed by atoms with Gasteiger partial charge in [-0.1, -0.05) is 0 Å².